The maximum absolute atomic E-state index is 11.5. The Bertz CT molecular complexity index is 638. The van der Waals surface area contributed by atoms with Crippen LogP contribution in [0.1, 0.15) is 70.8 Å². The molecule has 1 aromatic rings. The molecular weight excluding hydrogens is 344 g/mol. The van der Waals surface area contributed by atoms with Crippen LogP contribution in [0.2, 0.25) is 0 Å². The maximum Gasteiger partial charge on any atom is 0.358 e. The van der Waals surface area contributed by atoms with Crippen LogP contribution in [0.15, 0.2) is 12.3 Å². The molecule has 0 aromatic carbocycles. The van der Waals surface area contributed by atoms with Crippen molar-refractivity contribution in [3.8, 4) is 11.8 Å². The largest absolute Gasteiger partial charge is 0.464 e. The summed E-state index contributed by atoms with van der Waals surface area (Å²) in [5.74, 6) is 5.75. The van der Waals surface area contributed by atoms with Crippen LogP contribution < -0.4 is 0 Å². The van der Waals surface area contributed by atoms with Crippen LogP contribution in [0.5, 0.6) is 0 Å². The molecule has 0 bridgehead atoms. The van der Waals surface area contributed by atoms with Crippen LogP contribution in [0.4, 0.5) is 0 Å². The highest BCUT2D eigenvalue weighted by Gasteiger charge is 2.25. The quantitative estimate of drug-likeness (QED) is 0.332. The first-order valence-corrected chi connectivity index (χ1v) is 9.54. The molecule has 0 fully saturated rings. The summed E-state index contributed by atoms with van der Waals surface area (Å²) in [6.07, 6.45) is 5.74. The number of carbonyl (C=O) groups is 1. The number of carbonyl (C=O) groups excluding carboxylic acids is 1. The summed E-state index contributed by atoms with van der Waals surface area (Å²) < 4.78 is 18.3. The molecule has 0 unspecified atom stereocenters. The summed E-state index contributed by atoms with van der Waals surface area (Å²) in [5.41, 5.74) is -0.434. The number of esters is 1. The van der Waals surface area contributed by atoms with Gasteiger partial charge in [-0.05, 0) is 46.6 Å². The lowest BCUT2D eigenvalue weighted by Crippen LogP contribution is -2.37. The Labute approximate surface area is 163 Å². The predicted molar refractivity (Wildman–Crippen MR) is 106 cm³/mol. The Hall–Kier alpha value is -1.84. The van der Waals surface area contributed by atoms with Gasteiger partial charge in [-0.25, -0.2) is 4.79 Å². The number of unbranched alkanes of at least 4 members (excludes halogenated alkanes) is 2. The van der Waals surface area contributed by atoms with Crippen LogP contribution >= 0.6 is 0 Å². The molecule has 0 aliphatic rings. The van der Waals surface area contributed by atoms with Crippen molar-refractivity contribution in [3.63, 3.8) is 0 Å². The van der Waals surface area contributed by atoms with Crippen LogP contribution in [0.25, 0.3) is 0 Å². The lowest BCUT2D eigenvalue weighted by Gasteiger charge is -2.31. The van der Waals surface area contributed by atoms with Crippen LogP contribution in [-0.4, -0.2) is 47.3 Å². The average molecular weight is 379 g/mol. The van der Waals surface area contributed by atoms with Crippen molar-refractivity contribution in [3.05, 3.63) is 18.0 Å². The number of methoxy groups -OCH3 is 1. The first kappa shape index (κ1) is 23.2. The molecule has 152 valence electrons. The fraction of sp³-hybridized carbons (Fsp3) is 0.714. The van der Waals surface area contributed by atoms with E-state index in [-0.39, 0.29) is 5.60 Å². The summed E-state index contributed by atoms with van der Waals surface area (Å²) in [5, 5.41) is 4.21. The number of aryl methyl sites for hydroxylation is 1. The van der Waals surface area contributed by atoms with Crippen LogP contribution in [0, 0.1) is 11.8 Å². The van der Waals surface area contributed by atoms with Crippen LogP contribution in [0.3, 0.4) is 0 Å². The van der Waals surface area contributed by atoms with Gasteiger partial charge in [0.15, 0.2) is 5.69 Å². The molecule has 6 heteroatoms. The van der Waals surface area contributed by atoms with Crippen molar-refractivity contribution >= 4 is 5.97 Å². The molecule has 0 N–H and O–H groups in total. The highest BCUT2D eigenvalue weighted by Crippen LogP contribution is 2.20. The first-order chi connectivity index (χ1) is 12.7. The van der Waals surface area contributed by atoms with Gasteiger partial charge < -0.3 is 14.2 Å². The second-order valence-corrected chi connectivity index (χ2v) is 7.76. The van der Waals surface area contributed by atoms with Gasteiger partial charge in [-0.3, -0.25) is 4.68 Å². The topological polar surface area (TPSA) is 62.6 Å². The van der Waals surface area contributed by atoms with Gasteiger partial charge in [-0.1, -0.05) is 19.3 Å². The van der Waals surface area contributed by atoms with E-state index >= 15 is 0 Å². The van der Waals surface area contributed by atoms with Gasteiger partial charge in [0.05, 0.1) is 24.9 Å². The summed E-state index contributed by atoms with van der Waals surface area (Å²) in [4.78, 5) is 11.5. The highest BCUT2D eigenvalue weighted by molar-refractivity contribution is 5.86. The number of aromatic nitrogens is 2. The third-order valence-electron chi connectivity index (χ3n) is 4.10. The van der Waals surface area contributed by atoms with Crippen molar-refractivity contribution in [2.24, 2.45) is 0 Å². The van der Waals surface area contributed by atoms with E-state index in [4.69, 9.17) is 9.47 Å². The number of hydrogen-bond acceptors (Lipinski definition) is 5. The van der Waals surface area contributed by atoms with Crippen molar-refractivity contribution in [1.82, 2.24) is 9.78 Å². The number of nitrogens with zero attached hydrogens (tertiary/aromatic N) is 2. The molecule has 6 nitrogen and oxygen atoms in total. The summed E-state index contributed by atoms with van der Waals surface area (Å²) in [7, 11) is 1.35. The van der Waals surface area contributed by atoms with Crippen molar-refractivity contribution < 1.29 is 19.0 Å². The lowest BCUT2D eigenvalue weighted by molar-refractivity contribution is -0.116. The zero-order valence-electron chi connectivity index (χ0n) is 17.6. The third kappa shape index (κ3) is 9.60. The number of rotatable bonds is 11. The monoisotopic (exact) mass is 378 g/mol. The van der Waals surface area contributed by atoms with E-state index in [9.17, 15) is 4.79 Å². The Kier molecular flexibility index (Phi) is 9.54. The van der Waals surface area contributed by atoms with E-state index in [0.717, 1.165) is 25.7 Å². The van der Waals surface area contributed by atoms with Gasteiger partial charge in [-0.15, -0.1) is 5.92 Å². The predicted octanol–water partition coefficient (Wildman–Crippen LogP) is 3.84. The Morgan fingerprint density at radius 3 is 2.59 bits per heavy atom. The fourth-order valence-corrected chi connectivity index (χ4v) is 2.20. The molecule has 0 spiro atoms. The molecule has 0 atom stereocenters. The van der Waals surface area contributed by atoms with E-state index in [1.165, 1.54) is 7.11 Å². The molecule has 1 aromatic heterocycles. The van der Waals surface area contributed by atoms with E-state index in [0.29, 0.717) is 25.5 Å². The fourth-order valence-electron chi connectivity index (χ4n) is 2.20. The number of ether oxygens (including phenoxy) is 3. The van der Waals surface area contributed by atoms with Gasteiger partial charge in [0.25, 0.3) is 0 Å². The van der Waals surface area contributed by atoms with Crippen molar-refractivity contribution in [1.29, 1.82) is 0 Å². The molecule has 1 heterocycles. The second kappa shape index (κ2) is 11.1. The molecule has 0 aliphatic heterocycles. The Morgan fingerprint density at radius 1 is 1.19 bits per heavy atom. The molecular formula is C21H34N2O4. The SMILES string of the molecule is CCCCC#CCOC(C)(C)COC(C)(C)CCn1ccc(C(=O)OC)n1. The minimum absolute atomic E-state index is 0.311. The van der Waals surface area contributed by atoms with Gasteiger partial charge in [0.1, 0.15) is 6.61 Å². The van der Waals surface area contributed by atoms with E-state index in [1.807, 2.05) is 27.7 Å². The highest BCUT2D eigenvalue weighted by atomic mass is 16.6. The first-order valence-electron chi connectivity index (χ1n) is 9.54. The van der Waals surface area contributed by atoms with Crippen LogP contribution in [-0.2, 0) is 20.8 Å². The van der Waals surface area contributed by atoms with Gasteiger partial charge >= 0.3 is 5.97 Å². The molecule has 1 rings (SSSR count). The van der Waals surface area contributed by atoms with Gasteiger partial charge in [0.2, 0.25) is 0 Å². The standard InChI is InChI=1S/C21H34N2O4/c1-7-8-9-10-11-16-26-21(4,5)17-27-20(2,3)13-15-23-14-12-18(22-23)19(24)25-6/h12,14H,7-9,13,15-17H2,1-6H3. The zero-order chi connectivity index (χ0) is 20.3. The zero-order valence-corrected chi connectivity index (χ0v) is 17.6. The van der Waals surface area contributed by atoms with Gasteiger partial charge in [0, 0.05) is 19.2 Å². The third-order valence-corrected chi connectivity index (χ3v) is 4.10. The normalized spacial score (nSPS) is 11.8. The second-order valence-electron chi connectivity index (χ2n) is 7.76. The molecule has 0 aliphatic carbocycles. The Morgan fingerprint density at radius 2 is 1.93 bits per heavy atom. The summed E-state index contributed by atoms with van der Waals surface area (Å²) in [6, 6.07) is 1.65. The number of hydrogen-bond donors (Lipinski definition) is 0. The molecule has 0 amide bonds. The van der Waals surface area contributed by atoms with E-state index in [1.54, 1.807) is 16.9 Å². The van der Waals surface area contributed by atoms with E-state index < -0.39 is 11.6 Å². The van der Waals surface area contributed by atoms with Crippen molar-refractivity contribution in [2.45, 2.75) is 78.0 Å². The maximum atomic E-state index is 11.5. The molecule has 27 heavy (non-hydrogen) atoms. The summed E-state index contributed by atoms with van der Waals surface area (Å²) >= 11 is 0. The molecule has 0 radical (unpaired) electrons. The van der Waals surface area contributed by atoms with E-state index in [2.05, 4.69) is 28.6 Å². The lowest BCUT2D eigenvalue weighted by atomic mass is 10.0. The summed E-state index contributed by atoms with van der Waals surface area (Å²) in [6.45, 7) is 11.8. The smallest absolute Gasteiger partial charge is 0.358 e. The molecule has 0 saturated carbocycles. The Balaban J connectivity index is 2.39. The minimum Gasteiger partial charge on any atom is -0.464 e. The van der Waals surface area contributed by atoms with Crippen molar-refractivity contribution in [2.75, 3.05) is 20.3 Å². The molecule has 0 saturated heterocycles. The van der Waals surface area contributed by atoms with Gasteiger partial charge in [-0.2, -0.15) is 5.10 Å². The average Bonchev–Trinajstić information content (AvgIpc) is 3.10. The minimum atomic E-state index is -0.430.